The normalized spacial score (nSPS) is 16.6. The van der Waals surface area contributed by atoms with E-state index in [1.54, 1.807) is 24.3 Å². The number of nitrogens with zero attached hydrogens (tertiary/aromatic N) is 1. The van der Waals surface area contributed by atoms with E-state index in [1.807, 2.05) is 0 Å². The summed E-state index contributed by atoms with van der Waals surface area (Å²) in [6, 6.07) is 6.99. The number of amides is 1. The maximum Gasteiger partial charge on any atom is 0.236 e. The molecule has 0 spiro atoms. The van der Waals surface area contributed by atoms with E-state index in [4.69, 9.17) is 16.3 Å². The molecule has 0 radical (unpaired) electrons. The minimum atomic E-state index is -3.57. The van der Waals surface area contributed by atoms with Crippen LogP contribution in [0, 0.1) is 0 Å². The number of benzene rings is 1. The van der Waals surface area contributed by atoms with Crippen LogP contribution in [0.5, 0.6) is 0 Å². The van der Waals surface area contributed by atoms with E-state index < -0.39 is 21.7 Å². The number of ether oxygens (including phenoxy) is 1. The first-order chi connectivity index (χ1) is 9.97. The molecule has 1 aromatic carbocycles. The van der Waals surface area contributed by atoms with Gasteiger partial charge in [-0.2, -0.15) is 4.31 Å². The van der Waals surface area contributed by atoms with E-state index >= 15 is 0 Å². The van der Waals surface area contributed by atoms with Crippen LogP contribution in [-0.4, -0.2) is 50.7 Å². The van der Waals surface area contributed by atoms with Crippen molar-refractivity contribution in [1.82, 2.24) is 9.62 Å². The summed E-state index contributed by atoms with van der Waals surface area (Å²) in [4.78, 5) is 11.8. The van der Waals surface area contributed by atoms with Crippen LogP contribution in [0.4, 0.5) is 0 Å². The number of hydrogen-bond acceptors (Lipinski definition) is 4. The number of halogens is 1. The van der Waals surface area contributed by atoms with E-state index in [0.717, 1.165) is 5.56 Å². The molecule has 0 aromatic heterocycles. The largest absolute Gasteiger partial charge is 0.379 e. The lowest BCUT2D eigenvalue weighted by Gasteiger charge is -2.25. The third-order valence-electron chi connectivity index (χ3n) is 3.08. The molecule has 1 fully saturated rings. The van der Waals surface area contributed by atoms with Gasteiger partial charge < -0.3 is 10.1 Å². The van der Waals surface area contributed by atoms with Crippen LogP contribution >= 0.6 is 11.6 Å². The monoisotopic (exact) mass is 332 g/mol. The molecule has 8 heteroatoms. The van der Waals surface area contributed by atoms with Crippen LogP contribution in [0.2, 0.25) is 5.02 Å². The van der Waals surface area contributed by atoms with Crippen molar-refractivity contribution in [3.05, 3.63) is 34.9 Å². The fourth-order valence-electron chi connectivity index (χ4n) is 1.94. The van der Waals surface area contributed by atoms with Gasteiger partial charge in [-0.05, 0) is 17.7 Å². The van der Waals surface area contributed by atoms with E-state index in [0.29, 0.717) is 31.3 Å². The van der Waals surface area contributed by atoms with E-state index in [1.165, 1.54) is 4.31 Å². The summed E-state index contributed by atoms with van der Waals surface area (Å²) < 4.78 is 30.5. The highest BCUT2D eigenvalue weighted by Gasteiger charge is 2.26. The summed E-state index contributed by atoms with van der Waals surface area (Å²) in [5.74, 6) is -1.06. The SMILES string of the molecule is O=C(CS(=O)(=O)N1CCOCC1)NCc1ccc(Cl)cc1. The van der Waals surface area contributed by atoms with Gasteiger partial charge in [-0.3, -0.25) is 4.79 Å². The first-order valence-electron chi connectivity index (χ1n) is 6.54. The average Bonchev–Trinajstić information content (AvgIpc) is 2.47. The number of nitrogens with one attached hydrogen (secondary N) is 1. The fourth-order valence-corrected chi connectivity index (χ4v) is 3.38. The summed E-state index contributed by atoms with van der Waals surface area (Å²) in [5, 5.41) is 3.21. The van der Waals surface area contributed by atoms with Gasteiger partial charge in [-0.1, -0.05) is 23.7 Å². The lowest BCUT2D eigenvalue weighted by Crippen LogP contribution is -2.44. The molecule has 0 aliphatic carbocycles. The van der Waals surface area contributed by atoms with Gasteiger partial charge in [0.15, 0.2) is 0 Å². The van der Waals surface area contributed by atoms with Crippen LogP contribution in [0.3, 0.4) is 0 Å². The predicted molar refractivity (Wildman–Crippen MR) is 79.5 cm³/mol. The van der Waals surface area contributed by atoms with Crippen molar-refractivity contribution < 1.29 is 17.9 Å². The molecule has 0 atom stereocenters. The Labute approximate surface area is 129 Å². The summed E-state index contributed by atoms with van der Waals surface area (Å²) in [7, 11) is -3.57. The maximum atomic E-state index is 12.0. The number of carbonyl (C=O) groups is 1. The van der Waals surface area contributed by atoms with Crippen molar-refractivity contribution in [3.8, 4) is 0 Å². The Morgan fingerprint density at radius 2 is 1.86 bits per heavy atom. The van der Waals surface area contributed by atoms with E-state index in [9.17, 15) is 13.2 Å². The van der Waals surface area contributed by atoms with Crippen LogP contribution < -0.4 is 5.32 Å². The van der Waals surface area contributed by atoms with Crippen LogP contribution in [0.25, 0.3) is 0 Å². The third kappa shape index (κ3) is 4.96. The Hall–Kier alpha value is -1.15. The number of carbonyl (C=O) groups excluding carboxylic acids is 1. The molecule has 1 aliphatic rings. The Morgan fingerprint density at radius 1 is 1.24 bits per heavy atom. The standard InChI is InChI=1S/C13H17ClN2O4S/c14-12-3-1-11(2-4-12)9-15-13(17)10-21(18,19)16-5-7-20-8-6-16/h1-4H,5-10H2,(H,15,17). The zero-order valence-corrected chi connectivity index (χ0v) is 13.0. The first kappa shape index (κ1) is 16.2. The minimum Gasteiger partial charge on any atom is -0.379 e. The smallest absolute Gasteiger partial charge is 0.236 e. The summed E-state index contributed by atoms with van der Waals surface area (Å²) >= 11 is 5.77. The molecular formula is C13H17ClN2O4S. The van der Waals surface area contributed by atoms with Gasteiger partial charge in [-0.25, -0.2) is 8.42 Å². The summed E-state index contributed by atoms with van der Waals surface area (Å²) in [6.07, 6.45) is 0. The third-order valence-corrected chi connectivity index (χ3v) is 5.11. The van der Waals surface area contributed by atoms with Crippen molar-refractivity contribution in [2.45, 2.75) is 6.54 Å². The highest BCUT2D eigenvalue weighted by molar-refractivity contribution is 7.89. The highest BCUT2D eigenvalue weighted by Crippen LogP contribution is 2.09. The molecule has 1 aromatic rings. The summed E-state index contributed by atoms with van der Waals surface area (Å²) in [6.45, 7) is 1.60. The molecule has 0 unspecified atom stereocenters. The average molecular weight is 333 g/mol. The molecule has 1 N–H and O–H groups in total. The quantitative estimate of drug-likeness (QED) is 0.857. The maximum absolute atomic E-state index is 12.0. The molecule has 1 amide bonds. The molecule has 1 aliphatic heterocycles. The van der Waals surface area contributed by atoms with Crippen molar-refractivity contribution in [2.24, 2.45) is 0 Å². The molecule has 0 saturated carbocycles. The highest BCUT2D eigenvalue weighted by atomic mass is 35.5. The van der Waals surface area contributed by atoms with Crippen molar-refractivity contribution >= 4 is 27.5 Å². The number of morpholine rings is 1. The first-order valence-corrected chi connectivity index (χ1v) is 8.53. The fraction of sp³-hybridized carbons (Fsp3) is 0.462. The predicted octanol–water partition coefficient (Wildman–Crippen LogP) is 0.618. The molecular weight excluding hydrogens is 316 g/mol. The molecule has 2 rings (SSSR count). The number of sulfonamides is 1. The van der Waals surface area contributed by atoms with Crippen LogP contribution in [0.1, 0.15) is 5.56 Å². The van der Waals surface area contributed by atoms with Gasteiger partial charge in [0.2, 0.25) is 15.9 Å². The Bertz CT molecular complexity index is 583. The Balaban J connectivity index is 1.84. The molecule has 1 saturated heterocycles. The summed E-state index contributed by atoms with van der Waals surface area (Å²) in [5.41, 5.74) is 0.858. The van der Waals surface area contributed by atoms with E-state index in [-0.39, 0.29) is 6.54 Å². The molecule has 1 heterocycles. The Morgan fingerprint density at radius 3 is 2.48 bits per heavy atom. The lowest BCUT2D eigenvalue weighted by molar-refractivity contribution is -0.118. The number of hydrogen-bond donors (Lipinski definition) is 1. The van der Waals surface area contributed by atoms with Gasteiger partial charge in [0.1, 0.15) is 5.75 Å². The molecule has 6 nitrogen and oxygen atoms in total. The number of rotatable bonds is 5. The minimum absolute atomic E-state index is 0.272. The lowest BCUT2D eigenvalue weighted by atomic mass is 10.2. The van der Waals surface area contributed by atoms with Gasteiger partial charge >= 0.3 is 0 Å². The second-order valence-corrected chi connectivity index (χ2v) is 7.08. The van der Waals surface area contributed by atoms with Gasteiger partial charge in [0.25, 0.3) is 0 Å². The van der Waals surface area contributed by atoms with Crippen molar-refractivity contribution in [3.63, 3.8) is 0 Å². The van der Waals surface area contributed by atoms with Gasteiger partial charge in [0, 0.05) is 24.7 Å². The second kappa shape index (κ2) is 7.22. The molecule has 0 bridgehead atoms. The zero-order valence-electron chi connectivity index (χ0n) is 11.4. The zero-order chi connectivity index (χ0) is 15.3. The second-order valence-electron chi connectivity index (χ2n) is 4.67. The van der Waals surface area contributed by atoms with Gasteiger partial charge in [0.05, 0.1) is 13.2 Å². The molecule has 21 heavy (non-hydrogen) atoms. The van der Waals surface area contributed by atoms with Crippen molar-refractivity contribution in [2.75, 3.05) is 32.1 Å². The van der Waals surface area contributed by atoms with Crippen LogP contribution in [0.15, 0.2) is 24.3 Å². The van der Waals surface area contributed by atoms with Crippen LogP contribution in [-0.2, 0) is 26.1 Å². The Kier molecular flexibility index (Phi) is 5.58. The topological polar surface area (TPSA) is 75.7 Å². The van der Waals surface area contributed by atoms with E-state index in [2.05, 4.69) is 5.32 Å². The van der Waals surface area contributed by atoms with Gasteiger partial charge in [-0.15, -0.1) is 0 Å². The molecule has 116 valence electrons. The van der Waals surface area contributed by atoms with Crippen molar-refractivity contribution in [1.29, 1.82) is 0 Å².